The van der Waals surface area contributed by atoms with Crippen LogP contribution in [0.5, 0.6) is 0 Å². The van der Waals surface area contributed by atoms with Crippen LogP contribution in [0.4, 0.5) is 14.5 Å². The largest absolute Gasteiger partial charge is 0.390 e. The molecule has 5 aliphatic rings. The van der Waals surface area contributed by atoms with Gasteiger partial charge in [0.15, 0.2) is 29.1 Å². The molecule has 2 aromatic carbocycles. The number of hydrogen-bond acceptors (Lipinski definition) is 7. The number of rotatable bonds is 6. The number of carbonyl (C=O) groups is 2. The number of fused-ring (bicyclic) bond motifs is 7. The van der Waals surface area contributed by atoms with Gasteiger partial charge in [-0.25, -0.2) is 8.78 Å². The van der Waals surface area contributed by atoms with Gasteiger partial charge in [0.1, 0.15) is 12.8 Å². The van der Waals surface area contributed by atoms with Crippen LogP contribution in [0.2, 0.25) is 0 Å². The highest BCUT2D eigenvalue weighted by atomic mass is 19.1. The summed E-state index contributed by atoms with van der Waals surface area (Å²) in [6, 6.07) is 17.6. The Kier molecular flexibility index (Phi) is 6.92. The summed E-state index contributed by atoms with van der Waals surface area (Å²) >= 11 is 0. The molecule has 236 valence electrons. The molecule has 1 heterocycles. The molecule has 7 nitrogen and oxygen atoms in total. The quantitative estimate of drug-likeness (QED) is 0.437. The van der Waals surface area contributed by atoms with Gasteiger partial charge in [0.2, 0.25) is 0 Å². The molecule has 2 aromatic rings. The zero-order valence-corrected chi connectivity index (χ0v) is 25.5. The van der Waals surface area contributed by atoms with E-state index in [1.54, 1.807) is 6.92 Å². The molecule has 3 N–H and O–H groups in total. The second-order valence-corrected chi connectivity index (χ2v) is 13.7. The van der Waals surface area contributed by atoms with Crippen molar-refractivity contribution in [3.8, 4) is 0 Å². The van der Waals surface area contributed by atoms with E-state index < -0.39 is 76.8 Å². The summed E-state index contributed by atoms with van der Waals surface area (Å²) in [5.74, 6) is -2.60. The first kappa shape index (κ1) is 30.2. The molecule has 45 heavy (non-hydrogen) atoms. The average molecular weight is 618 g/mol. The molecule has 1 saturated heterocycles. The van der Waals surface area contributed by atoms with Crippen LogP contribution < -0.4 is 5.32 Å². The van der Waals surface area contributed by atoms with Crippen molar-refractivity contribution in [2.24, 2.45) is 22.7 Å². The molecule has 10 atom stereocenters. The lowest BCUT2D eigenvalue weighted by Gasteiger charge is -2.63. The van der Waals surface area contributed by atoms with Gasteiger partial charge in [-0.3, -0.25) is 9.59 Å². The third-order valence-electron chi connectivity index (χ3n) is 11.7. The molecule has 0 amide bonds. The minimum atomic E-state index is -2.29. The fourth-order valence-corrected chi connectivity index (χ4v) is 9.44. The van der Waals surface area contributed by atoms with Crippen LogP contribution in [0.15, 0.2) is 60.2 Å². The van der Waals surface area contributed by atoms with Gasteiger partial charge in [0, 0.05) is 53.1 Å². The van der Waals surface area contributed by atoms with E-state index in [0.29, 0.717) is 12.0 Å². The minimum absolute atomic E-state index is 0.0394. The van der Waals surface area contributed by atoms with E-state index in [2.05, 4.69) is 17.4 Å². The van der Waals surface area contributed by atoms with E-state index >= 15 is 8.78 Å². The number of Topliss-reactive ketones (excluding diaryl/α,β-unsaturated/α-hetero) is 1. The van der Waals surface area contributed by atoms with Crippen LogP contribution in [0, 0.1) is 34.8 Å². The van der Waals surface area contributed by atoms with Crippen molar-refractivity contribution < 1.29 is 38.1 Å². The Labute approximate surface area is 261 Å². The summed E-state index contributed by atoms with van der Waals surface area (Å²) in [4.78, 5) is 25.9. The number of ether oxygens (including phenoxy) is 2. The van der Waals surface area contributed by atoms with E-state index in [-0.39, 0.29) is 24.8 Å². The van der Waals surface area contributed by atoms with Crippen LogP contribution in [-0.2, 0) is 25.5 Å². The maximum Gasteiger partial charge on any atom is 0.193 e. The monoisotopic (exact) mass is 617 g/mol. The van der Waals surface area contributed by atoms with E-state index in [9.17, 15) is 19.8 Å². The van der Waals surface area contributed by atoms with Gasteiger partial charge in [-0.15, -0.1) is 0 Å². The number of nitrogens with one attached hydrogen (secondary N) is 1. The molecule has 0 unspecified atom stereocenters. The first-order valence-corrected chi connectivity index (χ1v) is 15.5. The normalized spacial score (nSPS) is 41.3. The summed E-state index contributed by atoms with van der Waals surface area (Å²) in [5.41, 5.74) is -3.01. The fourth-order valence-electron chi connectivity index (χ4n) is 9.44. The summed E-state index contributed by atoms with van der Waals surface area (Å²) in [7, 11) is 1.84. The highest BCUT2D eigenvalue weighted by Crippen LogP contribution is 2.72. The number of ketones is 2. The third-order valence-corrected chi connectivity index (χ3v) is 11.7. The van der Waals surface area contributed by atoms with Crippen LogP contribution in [-0.4, -0.2) is 65.1 Å². The average Bonchev–Trinajstić information content (AvgIpc) is 3.53. The first-order chi connectivity index (χ1) is 21.4. The molecule has 0 aromatic heterocycles. The number of benzene rings is 1. The van der Waals surface area contributed by atoms with Crippen molar-refractivity contribution >= 4 is 17.3 Å². The standard InChI is InChI=1S/C36H37F2NO6/c1-33-12-11-24(41)15-27(33)28(37)16-26-25-17-31-36(30(43)19-40,34(25,2)18-29(42)35(26,33)38)45-32(44-31)22-9-7-20(8-10-22)13-21-5-4-6-23(14-21)39-3/h6-12,14-15,25-26,28-29,31-32,39-40,42H,13,16-19H2,1-3H3/t25-,26-,28-,29-,31+,32+,33-,34-,35-,36+/m0/s1. The lowest BCUT2D eigenvalue weighted by atomic mass is 9.44. The maximum absolute atomic E-state index is 17.6. The van der Waals surface area contributed by atoms with E-state index in [4.69, 9.17) is 9.47 Å². The maximum atomic E-state index is 17.6. The van der Waals surface area contributed by atoms with Crippen LogP contribution in [0.3, 0.4) is 0 Å². The summed E-state index contributed by atoms with van der Waals surface area (Å²) in [6.07, 6.45) is -0.771. The number of halogens is 2. The van der Waals surface area contributed by atoms with Gasteiger partial charge in [-0.2, -0.15) is 0 Å². The number of hydrogen-bond donors (Lipinski definition) is 3. The first-order valence-electron chi connectivity index (χ1n) is 15.5. The van der Waals surface area contributed by atoms with Crippen molar-refractivity contribution in [2.45, 2.75) is 75.5 Å². The Morgan fingerprint density at radius 1 is 1.18 bits per heavy atom. The Hall–Kier alpha value is -3.42. The third kappa shape index (κ3) is 4.02. The molecule has 4 aliphatic carbocycles. The molecular weight excluding hydrogens is 580 g/mol. The number of alkyl halides is 2. The minimum Gasteiger partial charge on any atom is -0.390 e. The molecular formula is C36H37F2NO6. The Morgan fingerprint density at radius 2 is 1.93 bits per heavy atom. The highest BCUT2D eigenvalue weighted by Gasteiger charge is 2.80. The van der Waals surface area contributed by atoms with Gasteiger partial charge >= 0.3 is 0 Å². The molecule has 3 saturated carbocycles. The lowest BCUT2D eigenvalue weighted by molar-refractivity contribution is -0.235. The van der Waals surface area contributed by atoms with Crippen molar-refractivity contribution in [1.82, 2.24) is 0 Å². The number of aliphatic hydroxyl groups excluding tert-OH is 2. The molecule has 4 fully saturated rings. The SMILES string of the molecule is CNc1cc#cc(Cc2ccc([C@@H]3O[C@@H]4C[C@H]5[C@@H]6C[C@H](F)C7=CC(=O)C=C[C@]7(C)[C@@]6(F)[C@@H](O)C[C@]5(C)[C@]4(C(=O)CO)O3)cc2)c1. The summed E-state index contributed by atoms with van der Waals surface area (Å²) in [6.45, 7) is 2.49. The number of aliphatic hydroxyl groups is 2. The van der Waals surface area contributed by atoms with Crippen LogP contribution in [0.1, 0.15) is 56.1 Å². The Balaban J connectivity index is 1.20. The number of anilines is 1. The Bertz CT molecular complexity index is 1610. The van der Waals surface area contributed by atoms with E-state index in [1.165, 1.54) is 19.1 Å². The second-order valence-electron chi connectivity index (χ2n) is 13.7. The number of allylic oxidation sites excluding steroid dienone is 4. The molecule has 9 heteroatoms. The van der Waals surface area contributed by atoms with Gasteiger partial charge in [-0.05, 0) is 61.5 Å². The molecule has 7 rings (SSSR count). The topological polar surface area (TPSA) is 105 Å². The van der Waals surface area contributed by atoms with Gasteiger partial charge < -0.3 is 25.0 Å². The molecule has 0 bridgehead atoms. The zero-order valence-electron chi connectivity index (χ0n) is 25.5. The van der Waals surface area contributed by atoms with Crippen molar-refractivity contribution in [3.63, 3.8) is 0 Å². The molecule has 0 radical (unpaired) electrons. The molecule has 0 spiro atoms. The zero-order chi connectivity index (χ0) is 31.9. The fraction of sp³-hybridized carbons (Fsp3) is 0.500. The summed E-state index contributed by atoms with van der Waals surface area (Å²) in [5, 5.41) is 24.9. The van der Waals surface area contributed by atoms with E-state index in [0.717, 1.165) is 22.9 Å². The molecule has 1 aliphatic heterocycles. The van der Waals surface area contributed by atoms with Crippen molar-refractivity contribution in [3.05, 3.63) is 89.0 Å². The van der Waals surface area contributed by atoms with Crippen LogP contribution >= 0.6 is 0 Å². The number of carbonyl (C=O) groups excluding carboxylic acids is 2. The highest BCUT2D eigenvalue weighted by molar-refractivity contribution is 6.01. The van der Waals surface area contributed by atoms with Crippen LogP contribution in [0.25, 0.3) is 0 Å². The van der Waals surface area contributed by atoms with Gasteiger partial charge in [-0.1, -0.05) is 49.4 Å². The van der Waals surface area contributed by atoms with Crippen molar-refractivity contribution in [1.29, 1.82) is 0 Å². The second kappa shape index (κ2) is 10.3. The smallest absolute Gasteiger partial charge is 0.193 e. The lowest BCUT2D eigenvalue weighted by Crippen LogP contribution is -2.70. The summed E-state index contributed by atoms with van der Waals surface area (Å²) < 4.78 is 46.3. The van der Waals surface area contributed by atoms with Crippen molar-refractivity contribution in [2.75, 3.05) is 19.0 Å². The van der Waals surface area contributed by atoms with Gasteiger partial charge in [0.25, 0.3) is 0 Å². The predicted molar refractivity (Wildman–Crippen MR) is 160 cm³/mol. The predicted octanol–water partition coefficient (Wildman–Crippen LogP) is 4.56. The Morgan fingerprint density at radius 3 is 2.64 bits per heavy atom. The van der Waals surface area contributed by atoms with Gasteiger partial charge in [0.05, 0.1) is 12.2 Å². The van der Waals surface area contributed by atoms with E-state index in [1.807, 2.05) is 43.4 Å².